The Bertz CT molecular complexity index is 470. The summed E-state index contributed by atoms with van der Waals surface area (Å²) in [6, 6.07) is 5.92. The number of anilines is 1. The molecule has 0 amide bonds. The highest BCUT2D eigenvalue weighted by molar-refractivity contribution is 5.55. The molecule has 3 N–H and O–H groups in total. The zero-order valence-corrected chi connectivity index (χ0v) is 9.34. The van der Waals surface area contributed by atoms with Crippen LogP contribution >= 0.6 is 0 Å². The van der Waals surface area contributed by atoms with Crippen LogP contribution in [-0.2, 0) is 4.74 Å². The molecular weight excluding hydrogens is 216 g/mol. The summed E-state index contributed by atoms with van der Waals surface area (Å²) in [6.45, 7) is 0.791. The lowest BCUT2D eigenvalue weighted by Crippen LogP contribution is -2.65. The number of fused-ring (bicyclic) bond motifs is 1. The molecule has 17 heavy (non-hydrogen) atoms. The number of pyridine rings is 1. The largest absolute Gasteiger partial charge is 0.376 e. The summed E-state index contributed by atoms with van der Waals surface area (Å²) in [5.41, 5.74) is 7.25. The van der Waals surface area contributed by atoms with Crippen LogP contribution in [0.3, 0.4) is 0 Å². The molecule has 5 nitrogen and oxygen atoms in total. The summed E-state index contributed by atoms with van der Waals surface area (Å²) in [5.74, 6) is 0.467. The van der Waals surface area contributed by atoms with Crippen molar-refractivity contribution < 1.29 is 4.74 Å². The first-order chi connectivity index (χ1) is 8.31. The Kier molecular flexibility index (Phi) is 2.46. The third kappa shape index (κ3) is 1.57. The molecule has 1 saturated carbocycles. The van der Waals surface area contributed by atoms with E-state index in [9.17, 15) is 0 Å². The molecule has 1 aliphatic heterocycles. The van der Waals surface area contributed by atoms with E-state index in [1.54, 1.807) is 12.3 Å². The van der Waals surface area contributed by atoms with Gasteiger partial charge < -0.3 is 15.8 Å². The average molecular weight is 230 g/mol. The van der Waals surface area contributed by atoms with Crippen molar-refractivity contribution in [2.24, 2.45) is 11.7 Å². The lowest BCUT2D eigenvalue weighted by Gasteiger charge is -2.46. The van der Waals surface area contributed by atoms with Gasteiger partial charge in [-0.2, -0.15) is 5.26 Å². The Hall–Kier alpha value is -1.64. The molecular formula is C12H14N4O. The van der Waals surface area contributed by atoms with Gasteiger partial charge in [-0.15, -0.1) is 0 Å². The molecule has 0 aromatic carbocycles. The van der Waals surface area contributed by atoms with E-state index in [1.807, 2.05) is 6.07 Å². The van der Waals surface area contributed by atoms with Crippen LogP contribution in [0.15, 0.2) is 18.3 Å². The van der Waals surface area contributed by atoms with Crippen LogP contribution in [-0.4, -0.2) is 29.8 Å². The summed E-state index contributed by atoms with van der Waals surface area (Å²) in [4.78, 5) is 4.01. The molecule has 1 aromatic rings. The first kappa shape index (κ1) is 10.5. The van der Waals surface area contributed by atoms with Crippen LogP contribution in [0.1, 0.15) is 12.1 Å². The van der Waals surface area contributed by atoms with E-state index in [0.717, 1.165) is 18.7 Å². The minimum Gasteiger partial charge on any atom is -0.376 e. The molecule has 3 rings (SSSR count). The van der Waals surface area contributed by atoms with Crippen molar-refractivity contribution in [1.82, 2.24) is 4.98 Å². The molecule has 1 aliphatic carbocycles. The lowest BCUT2D eigenvalue weighted by molar-refractivity contribution is 0.00536. The molecule has 4 unspecified atom stereocenters. The van der Waals surface area contributed by atoms with Crippen LogP contribution in [0.4, 0.5) is 5.69 Å². The van der Waals surface area contributed by atoms with Gasteiger partial charge in [0.25, 0.3) is 0 Å². The fraction of sp³-hybridized carbons (Fsp3) is 0.500. The summed E-state index contributed by atoms with van der Waals surface area (Å²) in [5, 5.41) is 12.2. The second kappa shape index (κ2) is 3.99. The maximum absolute atomic E-state index is 8.96. The van der Waals surface area contributed by atoms with E-state index in [1.165, 1.54) is 0 Å². The highest BCUT2D eigenvalue weighted by atomic mass is 16.5. The summed E-state index contributed by atoms with van der Waals surface area (Å²) in [6.07, 6.45) is 2.85. The monoisotopic (exact) mass is 230 g/mol. The number of rotatable bonds is 2. The standard InChI is InChI=1S/C12H14N4O/c13-6-9-8(2-1-4-15-9)16-11-10(14)7-3-5-17-12(7)11/h1-2,4,7,10-12,16H,3,5,14H2. The van der Waals surface area contributed by atoms with Gasteiger partial charge in [0, 0.05) is 24.8 Å². The number of nitrogens with one attached hydrogen (secondary N) is 1. The van der Waals surface area contributed by atoms with Crippen molar-refractivity contribution >= 4 is 5.69 Å². The number of nitrogens with two attached hydrogens (primary N) is 1. The number of aromatic nitrogens is 1. The van der Waals surface area contributed by atoms with Crippen LogP contribution in [0.2, 0.25) is 0 Å². The molecule has 2 fully saturated rings. The molecule has 0 bridgehead atoms. The zero-order valence-electron chi connectivity index (χ0n) is 9.34. The Morgan fingerprint density at radius 2 is 2.47 bits per heavy atom. The minimum atomic E-state index is 0.0961. The molecule has 5 heteroatoms. The van der Waals surface area contributed by atoms with Gasteiger partial charge in [0.05, 0.1) is 17.8 Å². The summed E-state index contributed by atoms with van der Waals surface area (Å²) < 4.78 is 5.63. The maximum atomic E-state index is 8.96. The molecule has 1 aromatic heterocycles. The van der Waals surface area contributed by atoms with Crippen LogP contribution in [0.5, 0.6) is 0 Å². The predicted molar refractivity (Wildman–Crippen MR) is 62.2 cm³/mol. The topological polar surface area (TPSA) is 84.0 Å². The number of ether oxygens (including phenoxy) is 1. The van der Waals surface area contributed by atoms with Crippen molar-refractivity contribution in [3.8, 4) is 6.07 Å². The van der Waals surface area contributed by atoms with Gasteiger partial charge in [-0.25, -0.2) is 4.98 Å². The average Bonchev–Trinajstić information content (AvgIpc) is 2.81. The second-order valence-electron chi connectivity index (χ2n) is 4.55. The van der Waals surface area contributed by atoms with Crippen LogP contribution < -0.4 is 11.1 Å². The van der Waals surface area contributed by atoms with Crippen molar-refractivity contribution in [3.63, 3.8) is 0 Å². The summed E-state index contributed by atoms with van der Waals surface area (Å²) in [7, 11) is 0. The highest BCUT2D eigenvalue weighted by Crippen LogP contribution is 2.39. The van der Waals surface area contributed by atoms with Crippen molar-refractivity contribution in [2.45, 2.75) is 24.6 Å². The number of hydrogen-bond acceptors (Lipinski definition) is 5. The van der Waals surface area contributed by atoms with E-state index in [4.69, 9.17) is 15.7 Å². The van der Waals surface area contributed by atoms with E-state index in [-0.39, 0.29) is 18.2 Å². The molecule has 88 valence electrons. The van der Waals surface area contributed by atoms with Gasteiger partial charge in [0.15, 0.2) is 5.69 Å². The third-order valence-corrected chi connectivity index (χ3v) is 3.68. The Labute approximate surface area is 99.6 Å². The quantitative estimate of drug-likeness (QED) is 0.772. The number of nitriles is 1. The van der Waals surface area contributed by atoms with Crippen LogP contribution in [0.25, 0.3) is 0 Å². The number of nitrogens with zero attached hydrogens (tertiary/aromatic N) is 2. The van der Waals surface area contributed by atoms with Gasteiger partial charge in [0.1, 0.15) is 6.07 Å². The van der Waals surface area contributed by atoms with Gasteiger partial charge in [-0.1, -0.05) is 0 Å². The van der Waals surface area contributed by atoms with E-state index in [0.29, 0.717) is 11.6 Å². The normalized spacial score (nSPS) is 34.6. The first-order valence-electron chi connectivity index (χ1n) is 5.80. The Morgan fingerprint density at radius 1 is 1.59 bits per heavy atom. The molecule has 0 spiro atoms. The van der Waals surface area contributed by atoms with Crippen molar-refractivity contribution in [2.75, 3.05) is 11.9 Å². The van der Waals surface area contributed by atoms with Crippen LogP contribution in [0, 0.1) is 17.2 Å². The van der Waals surface area contributed by atoms with Gasteiger partial charge in [-0.3, -0.25) is 0 Å². The fourth-order valence-electron chi connectivity index (χ4n) is 2.72. The molecule has 2 heterocycles. The van der Waals surface area contributed by atoms with E-state index >= 15 is 0 Å². The van der Waals surface area contributed by atoms with Crippen molar-refractivity contribution in [3.05, 3.63) is 24.0 Å². The smallest absolute Gasteiger partial charge is 0.163 e. The lowest BCUT2D eigenvalue weighted by atomic mass is 9.72. The van der Waals surface area contributed by atoms with Crippen molar-refractivity contribution in [1.29, 1.82) is 5.26 Å². The first-order valence-corrected chi connectivity index (χ1v) is 5.80. The minimum absolute atomic E-state index is 0.0961. The summed E-state index contributed by atoms with van der Waals surface area (Å²) >= 11 is 0. The Balaban J connectivity index is 1.77. The third-order valence-electron chi connectivity index (χ3n) is 3.68. The van der Waals surface area contributed by atoms with Gasteiger partial charge in [-0.05, 0) is 18.6 Å². The van der Waals surface area contributed by atoms with Gasteiger partial charge in [0.2, 0.25) is 0 Å². The molecule has 1 saturated heterocycles. The molecule has 2 aliphatic rings. The second-order valence-corrected chi connectivity index (χ2v) is 4.55. The Morgan fingerprint density at radius 3 is 3.29 bits per heavy atom. The molecule has 4 atom stereocenters. The maximum Gasteiger partial charge on any atom is 0.163 e. The van der Waals surface area contributed by atoms with Gasteiger partial charge >= 0.3 is 0 Å². The number of hydrogen-bond donors (Lipinski definition) is 2. The highest BCUT2D eigenvalue weighted by Gasteiger charge is 2.52. The SMILES string of the molecule is N#Cc1ncccc1NC1C(N)C2CCOC21. The fourth-order valence-corrected chi connectivity index (χ4v) is 2.72. The van der Waals surface area contributed by atoms with E-state index in [2.05, 4.69) is 16.4 Å². The predicted octanol–water partition coefficient (Wildman–Crippen LogP) is 0.480. The molecule has 0 radical (unpaired) electrons. The zero-order chi connectivity index (χ0) is 11.8. The van der Waals surface area contributed by atoms with E-state index < -0.39 is 0 Å².